The Balaban J connectivity index is 1.61. The number of nitrogens with zero attached hydrogens (tertiary/aromatic N) is 2. The maximum Gasteiger partial charge on any atom is 0.229 e. The molecule has 6 nitrogen and oxygen atoms in total. The molecule has 1 atom stereocenters. The molecule has 1 aliphatic heterocycles. The zero-order chi connectivity index (χ0) is 20.3. The van der Waals surface area contributed by atoms with Crippen molar-refractivity contribution in [1.29, 1.82) is 0 Å². The molecular formula is C21H22BrN3O3. The molecule has 0 spiro atoms. The van der Waals surface area contributed by atoms with E-state index in [2.05, 4.69) is 21.2 Å². The first kappa shape index (κ1) is 20.1. The molecule has 7 heteroatoms. The Bertz CT molecular complexity index is 896. The smallest absolute Gasteiger partial charge is 0.229 e. The van der Waals surface area contributed by atoms with Crippen LogP contribution in [0.3, 0.4) is 0 Å². The van der Waals surface area contributed by atoms with Gasteiger partial charge in [-0.15, -0.1) is 0 Å². The van der Waals surface area contributed by atoms with E-state index in [9.17, 15) is 14.4 Å². The quantitative estimate of drug-likeness (QED) is 0.771. The number of nitrogens with one attached hydrogen (secondary N) is 1. The summed E-state index contributed by atoms with van der Waals surface area (Å²) in [5.74, 6) is -0.617. The maximum atomic E-state index is 12.6. The SMILES string of the molecule is CN(C)C(=O)Cc1ccc(NC(=O)C2CC(=O)N(c3cccc(Br)c3)C2)cc1. The summed E-state index contributed by atoms with van der Waals surface area (Å²) in [5.41, 5.74) is 2.32. The zero-order valence-corrected chi connectivity index (χ0v) is 17.4. The molecule has 1 N–H and O–H groups in total. The average Bonchev–Trinajstić information content (AvgIpc) is 3.05. The van der Waals surface area contributed by atoms with Crippen molar-refractivity contribution in [2.24, 2.45) is 5.92 Å². The largest absolute Gasteiger partial charge is 0.349 e. The van der Waals surface area contributed by atoms with Crippen LogP contribution in [0.5, 0.6) is 0 Å². The van der Waals surface area contributed by atoms with E-state index in [0.717, 1.165) is 15.7 Å². The molecule has 2 aromatic rings. The molecule has 3 rings (SSSR count). The van der Waals surface area contributed by atoms with Crippen LogP contribution in [0.2, 0.25) is 0 Å². The minimum absolute atomic E-state index is 0.0221. The Hall–Kier alpha value is -2.67. The number of benzene rings is 2. The van der Waals surface area contributed by atoms with Gasteiger partial charge in [-0.2, -0.15) is 0 Å². The van der Waals surface area contributed by atoms with Gasteiger partial charge in [-0.3, -0.25) is 14.4 Å². The summed E-state index contributed by atoms with van der Waals surface area (Å²) in [7, 11) is 3.44. The van der Waals surface area contributed by atoms with Gasteiger partial charge in [0.2, 0.25) is 17.7 Å². The number of halogens is 1. The molecule has 1 heterocycles. The molecule has 0 aromatic heterocycles. The molecular weight excluding hydrogens is 422 g/mol. The van der Waals surface area contributed by atoms with Crippen LogP contribution in [0, 0.1) is 5.92 Å². The number of hydrogen-bond acceptors (Lipinski definition) is 3. The fraction of sp³-hybridized carbons (Fsp3) is 0.286. The van der Waals surface area contributed by atoms with Crippen molar-refractivity contribution in [1.82, 2.24) is 4.90 Å². The summed E-state index contributed by atoms with van der Waals surface area (Å²) in [6.07, 6.45) is 0.508. The van der Waals surface area contributed by atoms with Crippen molar-refractivity contribution in [3.8, 4) is 0 Å². The van der Waals surface area contributed by atoms with Gasteiger partial charge in [-0.1, -0.05) is 34.1 Å². The molecule has 28 heavy (non-hydrogen) atoms. The van der Waals surface area contributed by atoms with Crippen LogP contribution in [-0.2, 0) is 20.8 Å². The number of anilines is 2. The number of hydrogen-bond donors (Lipinski definition) is 1. The van der Waals surface area contributed by atoms with E-state index in [0.29, 0.717) is 18.7 Å². The summed E-state index contributed by atoms with van der Waals surface area (Å²) in [6.45, 7) is 0.358. The standard InChI is InChI=1S/C21H22BrN3O3/c1-24(2)19(26)10-14-6-8-17(9-7-14)23-21(28)15-11-20(27)25(13-15)18-5-3-4-16(22)12-18/h3-9,12,15H,10-11,13H2,1-2H3,(H,23,28). The predicted molar refractivity (Wildman–Crippen MR) is 112 cm³/mol. The molecule has 0 bridgehead atoms. The third-order valence-electron chi connectivity index (χ3n) is 4.69. The second kappa shape index (κ2) is 8.56. The molecule has 0 radical (unpaired) electrons. The maximum absolute atomic E-state index is 12.6. The second-order valence-corrected chi connectivity index (χ2v) is 7.95. The van der Waals surface area contributed by atoms with E-state index >= 15 is 0 Å². The van der Waals surface area contributed by atoms with Gasteiger partial charge in [0, 0.05) is 42.9 Å². The Morgan fingerprint density at radius 3 is 2.54 bits per heavy atom. The predicted octanol–water partition coefficient (Wildman–Crippen LogP) is 3.07. The van der Waals surface area contributed by atoms with Gasteiger partial charge >= 0.3 is 0 Å². The second-order valence-electron chi connectivity index (χ2n) is 7.04. The number of carbonyl (C=O) groups is 3. The van der Waals surface area contributed by atoms with Gasteiger partial charge in [-0.25, -0.2) is 0 Å². The highest BCUT2D eigenvalue weighted by molar-refractivity contribution is 9.10. The van der Waals surface area contributed by atoms with Crippen LogP contribution >= 0.6 is 15.9 Å². The fourth-order valence-corrected chi connectivity index (χ4v) is 3.45. The Kier molecular flexibility index (Phi) is 6.14. The van der Waals surface area contributed by atoms with Crippen molar-refractivity contribution in [2.45, 2.75) is 12.8 Å². The number of likely N-dealkylation sites (N-methyl/N-ethyl adjacent to an activating group) is 1. The Labute approximate surface area is 172 Å². The van der Waals surface area contributed by atoms with E-state index in [1.807, 2.05) is 36.4 Å². The summed E-state index contributed by atoms with van der Waals surface area (Å²) in [6, 6.07) is 14.7. The first-order chi connectivity index (χ1) is 13.3. The lowest BCUT2D eigenvalue weighted by Gasteiger charge is -2.17. The summed E-state index contributed by atoms with van der Waals surface area (Å²) >= 11 is 3.40. The van der Waals surface area contributed by atoms with E-state index < -0.39 is 5.92 Å². The molecule has 1 saturated heterocycles. The van der Waals surface area contributed by atoms with Crippen LogP contribution in [0.1, 0.15) is 12.0 Å². The molecule has 0 saturated carbocycles. The summed E-state index contributed by atoms with van der Waals surface area (Å²) in [4.78, 5) is 39.9. The van der Waals surface area contributed by atoms with Gasteiger partial charge in [0.15, 0.2) is 0 Å². The molecule has 2 aromatic carbocycles. The average molecular weight is 444 g/mol. The zero-order valence-electron chi connectivity index (χ0n) is 15.8. The highest BCUT2D eigenvalue weighted by Gasteiger charge is 2.35. The molecule has 146 valence electrons. The van der Waals surface area contributed by atoms with Crippen molar-refractivity contribution >= 4 is 45.0 Å². The number of carbonyl (C=O) groups excluding carboxylic acids is 3. The van der Waals surface area contributed by atoms with Gasteiger partial charge in [0.05, 0.1) is 12.3 Å². The van der Waals surface area contributed by atoms with Gasteiger partial charge in [0.25, 0.3) is 0 Å². The third-order valence-corrected chi connectivity index (χ3v) is 5.18. The fourth-order valence-electron chi connectivity index (χ4n) is 3.06. The van der Waals surface area contributed by atoms with Crippen molar-refractivity contribution < 1.29 is 14.4 Å². The number of amides is 3. The van der Waals surface area contributed by atoms with E-state index in [1.54, 1.807) is 36.0 Å². The van der Waals surface area contributed by atoms with Crippen molar-refractivity contribution in [2.75, 3.05) is 30.9 Å². The Morgan fingerprint density at radius 1 is 1.18 bits per heavy atom. The molecule has 1 unspecified atom stereocenters. The topological polar surface area (TPSA) is 69.7 Å². The minimum atomic E-state index is -0.401. The van der Waals surface area contributed by atoms with Crippen LogP contribution < -0.4 is 10.2 Å². The van der Waals surface area contributed by atoms with Crippen LogP contribution in [0.25, 0.3) is 0 Å². The van der Waals surface area contributed by atoms with Gasteiger partial charge < -0.3 is 15.1 Å². The summed E-state index contributed by atoms with van der Waals surface area (Å²) < 4.78 is 0.888. The van der Waals surface area contributed by atoms with Gasteiger partial charge in [0.1, 0.15) is 0 Å². The van der Waals surface area contributed by atoms with Crippen LogP contribution in [0.4, 0.5) is 11.4 Å². The van der Waals surface area contributed by atoms with E-state index in [1.165, 1.54) is 0 Å². The first-order valence-electron chi connectivity index (χ1n) is 8.99. The highest BCUT2D eigenvalue weighted by Crippen LogP contribution is 2.28. The summed E-state index contributed by atoms with van der Waals surface area (Å²) in [5, 5.41) is 2.87. The molecule has 1 aliphatic rings. The lowest BCUT2D eigenvalue weighted by atomic mass is 10.1. The minimum Gasteiger partial charge on any atom is -0.349 e. The number of rotatable bonds is 5. The molecule has 0 aliphatic carbocycles. The Morgan fingerprint density at radius 2 is 1.89 bits per heavy atom. The highest BCUT2D eigenvalue weighted by atomic mass is 79.9. The lowest BCUT2D eigenvalue weighted by Crippen LogP contribution is -2.28. The lowest BCUT2D eigenvalue weighted by molar-refractivity contribution is -0.128. The third kappa shape index (κ3) is 4.78. The van der Waals surface area contributed by atoms with Crippen LogP contribution in [0.15, 0.2) is 53.0 Å². The molecule has 1 fully saturated rings. The van der Waals surface area contributed by atoms with Crippen molar-refractivity contribution in [3.05, 3.63) is 58.6 Å². The monoisotopic (exact) mass is 443 g/mol. The molecule has 3 amide bonds. The first-order valence-corrected chi connectivity index (χ1v) is 9.78. The van der Waals surface area contributed by atoms with E-state index in [-0.39, 0.29) is 24.1 Å². The normalized spacial score (nSPS) is 16.2. The van der Waals surface area contributed by atoms with Gasteiger partial charge in [-0.05, 0) is 35.9 Å². The van der Waals surface area contributed by atoms with Crippen molar-refractivity contribution in [3.63, 3.8) is 0 Å². The van der Waals surface area contributed by atoms with Crippen LogP contribution in [-0.4, -0.2) is 43.3 Å². The van der Waals surface area contributed by atoms with E-state index in [4.69, 9.17) is 0 Å².